The summed E-state index contributed by atoms with van der Waals surface area (Å²) >= 11 is 0. The number of aromatic hydroxyl groups is 2. The highest BCUT2D eigenvalue weighted by atomic mass is 16.5. The molecule has 1 fully saturated rings. The molecule has 1 aromatic heterocycles. The van der Waals surface area contributed by atoms with Crippen molar-refractivity contribution in [2.45, 2.75) is 31.6 Å². The third-order valence-corrected chi connectivity index (χ3v) is 4.20. The first kappa shape index (κ1) is 13.9. The van der Waals surface area contributed by atoms with Crippen molar-refractivity contribution in [3.05, 3.63) is 24.1 Å². The van der Waals surface area contributed by atoms with Crippen molar-refractivity contribution in [1.82, 2.24) is 10.1 Å². The SMILES string of the molecule is NCC1CCCCC1c1nc(-c2ccc(O)c(O)c2)no1. The summed E-state index contributed by atoms with van der Waals surface area (Å²) in [7, 11) is 0. The predicted molar refractivity (Wildman–Crippen MR) is 76.8 cm³/mol. The van der Waals surface area contributed by atoms with Gasteiger partial charge in [-0.3, -0.25) is 0 Å². The Hall–Kier alpha value is -2.08. The minimum Gasteiger partial charge on any atom is -0.504 e. The number of nitrogens with two attached hydrogens (primary N) is 1. The Morgan fingerprint density at radius 3 is 2.76 bits per heavy atom. The highest BCUT2D eigenvalue weighted by Gasteiger charge is 2.30. The van der Waals surface area contributed by atoms with E-state index in [1.807, 2.05) is 0 Å². The highest BCUT2D eigenvalue weighted by molar-refractivity contribution is 5.59. The maximum absolute atomic E-state index is 9.54. The summed E-state index contributed by atoms with van der Waals surface area (Å²) in [6.45, 7) is 0.627. The van der Waals surface area contributed by atoms with E-state index in [1.54, 1.807) is 6.07 Å². The van der Waals surface area contributed by atoms with Gasteiger partial charge in [0.1, 0.15) is 0 Å². The van der Waals surface area contributed by atoms with Crippen molar-refractivity contribution in [2.75, 3.05) is 6.54 Å². The van der Waals surface area contributed by atoms with Crippen LogP contribution in [0.1, 0.15) is 37.5 Å². The first-order chi connectivity index (χ1) is 10.2. The van der Waals surface area contributed by atoms with Crippen LogP contribution in [0.25, 0.3) is 11.4 Å². The highest BCUT2D eigenvalue weighted by Crippen LogP contribution is 2.37. The van der Waals surface area contributed by atoms with E-state index < -0.39 is 0 Å². The molecule has 1 aromatic carbocycles. The molecule has 2 atom stereocenters. The van der Waals surface area contributed by atoms with Crippen LogP contribution in [0.4, 0.5) is 0 Å². The fraction of sp³-hybridized carbons (Fsp3) is 0.467. The third-order valence-electron chi connectivity index (χ3n) is 4.20. The number of aromatic nitrogens is 2. The molecule has 1 aliphatic carbocycles. The van der Waals surface area contributed by atoms with Gasteiger partial charge in [-0.15, -0.1) is 0 Å². The van der Waals surface area contributed by atoms with Crippen LogP contribution in [0.2, 0.25) is 0 Å². The van der Waals surface area contributed by atoms with E-state index in [0.717, 1.165) is 19.3 Å². The molecule has 21 heavy (non-hydrogen) atoms. The Kier molecular flexibility index (Phi) is 3.79. The van der Waals surface area contributed by atoms with Crippen molar-refractivity contribution in [1.29, 1.82) is 0 Å². The Morgan fingerprint density at radius 1 is 1.19 bits per heavy atom. The Morgan fingerprint density at radius 2 is 2.00 bits per heavy atom. The summed E-state index contributed by atoms with van der Waals surface area (Å²) in [5.74, 6) is 1.28. The molecule has 1 saturated carbocycles. The molecular formula is C15H19N3O3. The van der Waals surface area contributed by atoms with E-state index >= 15 is 0 Å². The van der Waals surface area contributed by atoms with Crippen molar-refractivity contribution in [2.24, 2.45) is 11.7 Å². The molecular weight excluding hydrogens is 270 g/mol. The maximum Gasteiger partial charge on any atom is 0.230 e. The predicted octanol–water partition coefficient (Wildman–Crippen LogP) is 2.38. The maximum atomic E-state index is 9.54. The van der Waals surface area contributed by atoms with E-state index in [4.69, 9.17) is 10.3 Å². The van der Waals surface area contributed by atoms with Gasteiger partial charge in [0.25, 0.3) is 0 Å². The van der Waals surface area contributed by atoms with Crippen LogP contribution in [0.3, 0.4) is 0 Å². The zero-order chi connectivity index (χ0) is 14.8. The lowest BCUT2D eigenvalue weighted by atomic mass is 9.79. The summed E-state index contributed by atoms with van der Waals surface area (Å²) in [5, 5.41) is 22.9. The van der Waals surface area contributed by atoms with E-state index in [2.05, 4.69) is 10.1 Å². The molecule has 0 spiro atoms. The quantitative estimate of drug-likeness (QED) is 0.749. The molecule has 0 radical (unpaired) electrons. The molecule has 0 aliphatic heterocycles. The van der Waals surface area contributed by atoms with Crippen LogP contribution >= 0.6 is 0 Å². The number of rotatable bonds is 3. The molecule has 0 bridgehead atoms. The molecule has 6 heteroatoms. The average molecular weight is 289 g/mol. The Labute approximate surface area is 122 Å². The van der Waals surface area contributed by atoms with Crippen LogP contribution in [0.15, 0.2) is 22.7 Å². The molecule has 2 aromatic rings. The molecule has 3 rings (SSSR count). The molecule has 2 unspecified atom stereocenters. The van der Waals surface area contributed by atoms with E-state index in [0.29, 0.717) is 29.7 Å². The van der Waals surface area contributed by atoms with Crippen LogP contribution in [0.5, 0.6) is 11.5 Å². The Bertz CT molecular complexity index is 626. The number of phenols is 2. The van der Waals surface area contributed by atoms with Gasteiger partial charge in [-0.25, -0.2) is 0 Å². The van der Waals surface area contributed by atoms with Crippen molar-refractivity contribution < 1.29 is 14.7 Å². The largest absolute Gasteiger partial charge is 0.504 e. The van der Waals surface area contributed by atoms with Crippen LogP contribution in [-0.2, 0) is 0 Å². The lowest BCUT2D eigenvalue weighted by molar-refractivity contribution is 0.249. The summed E-state index contributed by atoms with van der Waals surface area (Å²) < 4.78 is 5.40. The number of hydrogen-bond acceptors (Lipinski definition) is 6. The summed E-state index contributed by atoms with van der Waals surface area (Å²) in [5.41, 5.74) is 6.45. The van der Waals surface area contributed by atoms with Gasteiger partial charge in [-0.2, -0.15) is 4.98 Å². The lowest BCUT2D eigenvalue weighted by Gasteiger charge is -2.27. The third kappa shape index (κ3) is 2.71. The monoisotopic (exact) mass is 289 g/mol. The zero-order valence-electron chi connectivity index (χ0n) is 11.7. The van der Waals surface area contributed by atoms with Crippen molar-refractivity contribution in [3.8, 4) is 22.9 Å². The standard InChI is InChI=1S/C15H19N3O3/c16-8-10-3-1-2-4-11(10)15-17-14(18-21-15)9-5-6-12(19)13(20)7-9/h5-7,10-11,19-20H,1-4,8,16H2. The van der Waals surface area contributed by atoms with Crippen molar-refractivity contribution >= 4 is 0 Å². The lowest BCUT2D eigenvalue weighted by Crippen LogP contribution is -2.25. The summed E-state index contributed by atoms with van der Waals surface area (Å²) in [6, 6.07) is 4.47. The minimum absolute atomic E-state index is 0.169. The van der Waals surface area contributed by atoms with Gasteiger partial charge in [0, 0.05) is 11.5 Å². The molecule has 0 amide bonds. The average Bonchev–Trinajstić information content (AvgIpc) is 2.99. The number of benzene rings is 1. The second-order valence-electron chi connectivity index (χ2n) is 5.55. The fourth-order valence-electron chi connectivity index (χ4n) is 2.98. The minimum atomic E-state index is -0.198. The van der Waals surface area contributed by atoms with Gasteiger partial charge >= 0.3 is 0 Å². The van der Waals surface area contributed by atoms with Gasteiger partial charge in [0.15, 0.2) is 11.5 Å². The van der Waals surface area contributed by atoms with Crippen LogP contribution in [0, 0.1) is 5.92 Å². The normalized spacial score (nSPS) is 22.3. The van der Waals surface area contributed by atoms with Gasteiger partial charge in [-0.1, -0.05) is 18.0 Å². The topological polar surface area (TPSA) is 105 Å². The molecule has 0 saturated heterocycles. The smallest absolute Gasteiger partial charge is 0.230 e. The number of nitrogens with zero attached hydrogens (tertiary/aromatic N) is 2. The summed E-state index contributed by atoms with van der Waals surface area (Å²) in [4.78, 5) is 4.45. The van der Waals surface area contributed by atoms with E-state index in [-0.39, 0.29) is 17.4 Å². The zero-order valence-corrected chi connectivity index (χ0v) is 11.7. The molecule has 112 valence electrons. The van der Waals surface area contributed by atoms with Gasteiger partial charge in [0.05, 0.1) is 0 Å². The van der Waals surface area contributed by atoms with Crippen LogP contribution < -0.4 is 5.73 Å². The molecule has 6 nitrogen and oxygen atoms in total. The van der Waals surface area contributed by atoms with E-state index in [1.165, 1.54) is 18.6 Å². The first-order valence-electron chi connectivity index (χ1n) is 7.25. The van der Waals surface area contributed by atoms with E-state index in [9.17, 15) is 10.2 Å². The van der Waals surface area contributed by atoms with Crippen LogP contribution in [-0.4, -0.2) is 26.9 Å². The number of hydrogen-bond donors (Lipinski definition) is 3. The summed E-state index contributed by atoms with van der Waals surface area (Å²) in [6.07, 6.45) is 4.47. The number of phenolic OH excluding ortho intramolecular Hbond substituents is 2. The van der Waals surface area contributed by atoms with Gasteiger partial charge < -0.3 is 20.5 Å². The second kappa shape index (κ2) is 5.73. The molecule has 1 aliphatic rings. The Balaban J connectivity index is 1.86. The molecule has 4 N–H and O–H groups in total. The van der Waals surface area contributed by atoms with Crippen molar-refractivity contribution in [3.63, 3.8) is 0 Å². The first-order valence-corrected chi connectivity index (χ1v) is 7.25. The fourth-order valence-corrected chi connectivity index (χ4v) is 2.98. The van der Waals surface area contributed by atoms with Gasteiger partial charge in [-0.05, 0) is 43.5 Å². The second-order valence-corrected chi connectivity index (χ2v) is 5.55. The van der Waals surface area contributed by atoms with Gasteiger partial charge in [0.2, 0.25) is 11.7 Å². The molecule has 1 heterocycles.